The van der Waals surface area contributed by atoms with Crippen LogP contribution < -0.4 is 0 Å². The second-order valence-corrected chi connectivity index (χ2v) is 4.75. The molecule has 0 amide bonds. The maximum absolute atomic E-state index is 11.9. The third kappa shape index (κ3) is 2.37. The number of methoxy groups -OCH3 is 1. The van der Waals surface area contributed by atoms with Gasteiger partial charge in [-0.3, -0.25) is 4.79 Å². The topological polar surface area (TPSA) is 59.2 Å². The maximum Gasteiger partial charge on any atom is 0.340 e. The molecule has 4 nitrogen and oxygen atoms in total. The summed E-state index contributed by atoms with van der Waals surface area (Å²) in [6.07, 6.45) is 0. The molecule has 2 aromatic rings. The molecule has 0 saturated carbocycles. The number of hydrogen-bond acceptors (Lipinski definition) is 3. The second-order valence-electron chi connectivity index (χ2n) is 4.75. The van der Waals surface area contributed by atoms with Crippen LogP contribution in [-0.4, -0.2) is 23.8 Å². The lowest BCUT2D eigenvalue weighted by Gasteiger charge is -2.06. The largest absolute Gasteiger partial charge is 0.465 e. The zero-order chi connectivity index (χ0) is 14.9. The third-order valence-electron chi connectivity index (χ3n) is 3.34. The van der Waals surface area contributed by atoms with E-state index in [4.69, 9.17) is 4.74 Å². The van der Waals surface area contributed by atoms with E-state index < -0.39 is 0 Å². The Labute approximate surface area is 117 Å². The molecule has 0 unspecified atom stereocenters. The molecule has 1 heterocycles. The van der Waals surface area contributed by atoms with Crippen molar-refractivity contribution in [3.8, 4) is 11.1 Å². The molecule has 1 N–H and O–H groups in total. The summed E-state index contributed by atoms with van der Waals surface area (Å²) in [6.45, 7) is 5.28. The molecule has 0 atom stereocenters. The van der Waals surface area contributed by atoms with Gasteiger partial charge < -0.3 is 9.72 Å². The second kappa shape index (κ2) is 5.33. The number of ketones is 1. The fourth-order valence-corrected chi connectivity index (χ4v) is 2.37. The van der Waals surface area contributed by atoms with Gasteiger partial charge in [-0.1, -0.05) is 24.3 Å². The first-order chi connectivity index (χ1) is 9.45. The summed E-state index contributed by atoms with van der Waals surface area (Å²) in [6, 6.07) is 7.22. The monoisotopic (exact) mass is 271 g/mol. The van der Waals surface area contributed by atoms with Gasteiger partial charge in [0.05, 0.1) is 12.7 Å². The molecule has 20 heavy (non-hydrogen) atoms. The Bertz CT molecular complexity index is 666. The standard InChI is InChI=1S/C16H17NO3/c1-9-14(15(10(2)17-9)16(19)20-4)13-7-5-12(6-8-13)11(3)18/h5-8,17H,1-4H3. The van der Waals surface area contributed by atoms with Crippen LogP contribution in [0.3, 0.4) is 0 Å². The lowest BCUT2D eigenvalue weighted by molar-refractivity contribution is 0.0601. The number of carbonyl (C=O) groups excluding carboxylic acids is 2. The van der Waals surface area contributed by atoms with Crippen molar-refractivity contribution in [3.63, 3.8) is 0 Å². The Balaban J connectivity index is 2.57. The van der Waals surface area contributed by atoms with Gasteiger partial charge in [0.2, 0.25) is 0 Å². The van der Waals surface area contributed by atoms with E-state index in [2.05, 4.69) is 4.98 Å². The van der Waals surface area contributed by atoms with Crippen molar-refractivity contribution in [1.82, 2.24) is 4.98 Å². The summed E-state index contributed by atoms with van der Waals surface area (Å²) in [4.78, 5) is 26.4. The number of ether oxygens (including phenoxy) is 1. The zero-order valence-electron chi connectivity index (χ0n) is 12.0. The van der Waals surface area contributed by atoms with Crippen LogP contribution in [0.4, 0.5) is 0 Å². The number of aryl methyl sites for hydroxylation is 2. The Kier molecular flexibility index (Phi) is 3.74. The quantitative estimate of drug-likeness (QED) is 0.688. The summed E-state index contributed by atoms with van der Waals surface area (Å²) in [7, 11) is 1.37. The van der Waals surface area contributed by atoms with Crippen molar-refractivity contribution in [1.29, 1.82) is 0 Å². The Morgan fingerprint density at radius 1 is 1.05 bits per heavy atom. The van der Waals surface area contributed by atoms with E-state index in [1.54, 1.807) is 12.1 Å². The van der Waals surface area contributed by atoms with Gasteiger partial charge in [0.25, 0.3) is 0 Å². The first kappa shape index (κ1) is 14.1. The fourth-order valence-electron chi connectivity index (χ4n) is 2.37. The van der Waals surface area contributed by atoms with E-state index in [0.29, 0.717) is 11.1 Å². The van der Waals surface area contributed by atoms with E-state index >= 15 is 0 Å². The van der Waals surface area contributed by atoms with Crippen LogP contribution in [0.1, 0.15) is 39.0 Å². The highest BCUT2D eigenvalue weighted by Crippen LogP contribution is 2.30. The van der Waals surface area contributed by atoms with Gasteiger partial charge in [-0.05, 0) is 26.3 Å². The molecule has 0 aliphatic rings. The van der Waals surface area contributed by atoms with Crippen LogP contribution in [-0.2, 0) is 4.74 Å². The van der Waals surface area contributed by atoms with Crippen LogP contribution >= 0.6 is 0 Å². The molecule has 0 aliphatic carbocycles. The molecule has 2 rings (SSSR count). The molecule has 1 aromatic carbocycles. The summed E-state index contributed by atoms with van der Waals surface area (Å²) >= 11 is 0. The average molecular weight is 271 g/mol. The number of rotatable bonds is 3. The first-order valence-corrected chi connectivity index (χ1v) is 6.34. The molecular weight excluding hydrogens is 254 g/mol. The molecule has 0 spiro atoms. The highest BCUT2D eigenvalue weighted by molar-refractivity contribution is 6.00. The Morgan fingerprint density at radius 2 is 1.65 bits per heavy atom. The Hall–Kier alpha value is -2.36. The van der Waals surface area contributed by atoms with Crippen molar-refractivity contribution in [3.05, 3.63) is 46.8 Å². The van der Waals surface area contributed by atoms with Crippen molar-refractivity contribution in [2.45, 2.75) is 20.8 Å². The van der Waals surface area contributed by atoms with E-state index in [1.165, 1.54) is 14.0 Å². The number of H-pyrrole nitrogens is 1. The highest BCUT2D eigenvalue weighted by Gasteiger charge is 2.21. The van der Waals surface area contributed by atoms with Crippen molar-refractivity contribution < 1.29 is 14.3 Å². The molecule has 0 bridgehead atoms. The zero-order valence-corrected chi connectivity index (χ0v) is 12.0. The number of aromatic amines is 1. The van der Waals surface area contributed by atoms with Crippen molar-refractivity contribution in [2.24, 2.45) is 0 Å². The predicted molar refractivity (Wildman–Crippen MR) is 77.0 cm³/mol. The minimum Gasteiger partial charge on any atom is -0.465 e. The average Bonchev–Trinajstić information content (AvgIpc) is 2.72. The third-order valence-corrected chi connectivity index (χ3v) is 3.34. The summed E-state index contributed by atoms with van der Waals surface area (Å²) < 4.78 is 4.84. The summed E-state index contributed by atoms with van der Waals surface area (Å²) in [5.41, 5.74) is 4.58. The van der Waals surface area contributed by atoms with Gasteiger partial charge in [0, 0.05) is 22.5 Å². The molecule has 0 aliphatic heterocycles. The number of aromatic nitrogens is 1. The molecule has 0 radical (unpaired) electrons. The number of Topliss-reactive ketones (excluding diaryl/α,β-unsaturated/α-hetero) is 1. The van der Waals surface area contributed by atoms with Gasteiger partial charge in [-0.2, -0.15) is 0 Å². The van der Waals surface area contributed by atoms with Crippen LogP contribution in [0.5, 0.6) is 0 Å². The van der Waals surface area contributed by atoms with E-state index in [0.717, 1.165) is 22.5 Å². The number of benzene rings is 1. The van der Waals surface area contributed by atoms with Crippen molar-refractivity contribution in [2.75, 3.05) is 7.11 Å². The molecule has 0 saturated heterocycles. The van der Waals surface area contributed by atoms with E-state index in [9.17, 15) is 9.59 Å². The SMILES string of the molecule is COC(=O)c1c(C)[nH]c(C)c1-c1ccc(C(C)=O)cc1. The van der Waals surface area contributed by atoms with E-state index in [1.807, 2.05) is 26.0 Å². The number of esters is 1. The van der Waals surface area contributed by atoms with Gasteiger partial charge in [-0.15, -0.1) is 0 Å². The van der Waals surface area contributed by atoms with Gasteiger partial charge in [0.15, 0.2) is 5.78 Å². The molecule has 4 heteroatoms. The van der Waals surface area contributed by atoms with Crippen LogP contribution in [0.15, 0.2) is 24.3 Å². The molecule has 104 valence electrons. The Morgan fingerprint density at radius 3 is 2.15 bits per heavy atom. The highest BCUT2D eigenvalue weighted by atomic mass is 16.5. The number of carbonyl (C=O) groups is 2. The van der Waals surface area contributed by atoms with Gasteiger partial charge >= 0.3 is 5.97 Å². The summed E-state index contributed by atoms with van der Waals surface area (Å²) in [5, 5.41) is 0. The predicted octanol–water partition coefficient (Wildman–Crippen LogP) is 3.29. The molecule has 1 aromatic heterocycles. The minimum absolute atomic E-state index is 0.0201. The normalized spacial score (nSPS) is 10.4. The van der Waals surface area contributed by atoms with Crippen LogP contribution in [0, 0.1) is 13.8 Å². The van der Waals surface area contributed by atoms with Gasteiger partial charge in [-0.25, -0.2) is 4.79 Å². The van der Waals surface area contributed by atoms with Crippen LogP contribution in [0.2, 0.25) is 0 Å². The molecular formula is C16H17NO3. The summed E-state index contributed by atoms with van der Waals surface area (Å²) in [5.74, 6) is -0.343. The lowest BCUT2D eigenvalue weighted by atomic mass is 9.98. The lowest BCUT2D eigenvalue weighted by Crippen LogP contribution is -2.03. The van der Waals surface area contributed by atoms with Crippen molar-refractivity contribution >= 4 is 11.8 Å². The minimum atomic E-state index is -0.363. The smallest absolute Gasteiger partial charge is 0.340 e. The fraction of sp³-hybridized carbons (Fsp3) is 0.250. The molecule has 0 fully saturated rings. The first-order valence-electron chi connectivity index (χ1n) is 6.34. The van der Waals surface area contributed by atoms with Gasteiger partial charge in [0.1, 0.15) is 0 Å². The van der Waals surface area contributed by atoms with E-state index in [-0.39, 0.29) is 11.8 Å². The number of nitrogens with one attached hydrogen (secondary N) is 1. The maximum atomic E-state index is 11.9. The van der Waals surface area contributed by atoms with Crippen LogP contribution in [0.25, 0.3) is 11.1 Å². The number of hydrogen-bond donors (Lipinski definition) is 1.